The minimum atomic E-state index is -1.52. The van der Waals surface area contributed by atoms with Crippen LogP contribution in [-0.2, 0) is 0 Å². The molecule has 3 atom stereocenters. The zero-order valence-corrected chi connectivity index (χ0v) is 8.05. The topological polar surface area (TPSA) is 131 Å². The molecule has 0 radical (unpaired) electrons. The summed E-state index contributed by atoms with van der Waals surface area (Å²) in [5.74, 6) is 0. The first kappa shape index (κ1) is 13.2. The van der Waals surface area contributed by atoms with E-state index in [4.69, 9.17) is 26.2 Å². The molecule has 0 aromatic heterocycles. The Morgan fingerprint density at radius 2 is 2.07 bits per heavy atom. The van der Waals surface area contributed by atoms with E-state index in [-0.39, 0.29) is 5.11 Å². The lowest BCUT2D eigenvalue weighted by atomic mass is 10.1. The second-order valence-corrected chi connectivity index (χ2v) is 2.93. The lowest BCUT2D eigenvalue weighted by Crippen LogP contribution is -2.40. The Morgan fingerprint density at radius 1 is 1.50 bits per heavy atom. The molecule has 0 aromatic carbocycles. The summed E-state index contributed by atoms with van der Waals surface area (Å²) >= 11 is 4.41. The van der Waals surface area contributed by atoms with E-state index in [9.17, 15) is 0 Å². The van der Waals surface area contributed by atoms with Crippen molar-refractivity contribution in [3.05, 3.63) is 0 Å². The molecule has 0 unspecified atom stereocenters. The molecule has 0 aliphatic heterocycles. The Labute approximate surface area is 85.9 Å². The number of rotatable bonds is 5. The van der Waals surface area contributed by atoms with Crippen molar-refractivity contribution in [2.45, 2.75) is 18.3 Å². The number of aliphatic hydroxyl groups is 4. The molecule has 0 amide bonds. The fraction of sp³-hybridized carbons (Fsp3) is 0.667. The van der Waals surface area contributed by atoms with Crippen molar-refractivity contribution < 1.29 is 20.4 Å². The zero-order valence-electron chi connectivity index (χ0n) is 7.24. The molecule has 0 rings (SSSR count). The molecule has 0 aromatic rings. The molecule has 0 bridgehead atoms. The van der Waals surface area contributed by atoms with Crippen LogP contribution in [0, 0.1) is 0 Å². The predicted molar refractivity (Wildman–Crippen MR) is 53.5 cm³/mol. The first-order valence-corrected chi connectivity index (χ1v) is 4.13. The number of thiocarbonyl (C=S) groups is 1. The van der Waals surface area contributed by atoms with Crippen LogP contribution in [-0.4, -0.2) is 56.7 Å². The maximum absolute atomic E-state index is 9.14. The molecule has 8 heteroatoms. The van der Waals surface area contributed by atoms with Gasteiger partial charge in [-0.05, 0) is 12.2 Å². The van der Waals surface area contributed by atoms with Crippen LogP contribution in [0.15, 0.2) is 5.10 Å². The van der Waals surface area contributed by atoms with E-state index >= 15 is 0 Å². The number of hydrazone groups is 1. The fourth-order valence-corrected chi connectivity index (χ4v) is 0.654. The van der Waals surface area contributed by atoms with Crippen LogP contribution < -0.4 is 11.2 Å². The molecule has 0 fully saturated rings. The normalized spacial score (nSPS) is 17.7. The standard InChI is InChI=1S/C6H13N3O4S/c7-6(14)9-8-1-3(11)5(13)4(12)2-10/h1,3-5,10-13H,2H2,(H3,7,9,14)/b8-1-/t3-,4+,5-/m1/s1. The van der Waals surface area contributed by atoms with Crippen molar-refractivity contribution in [2.24, 2.45) is 10.8 Å². The van der Waals surface area contributed by atoms with Crippen molar-refractivity contribution in [3.8, 4) is 0 Å². The molecule has 0 aliphatic carbocycles. The van der Waals surface area contributed by atoms with Gasteiger partial charge in [0.1, 0.15) is 18.3 Å². The Morgan fingerprint density at radius 3 is 2.50 bits per heavy atom. The third-order valence-corrected chi connectivity index (χ3v) is 1.42. The third-order valence-electron chi connectivity index (χ3n) is 1.33. The third kappa shape index (κ3) is 5.04. The summed E-state index contributed by atoms with van der Waals surface area (Å²) in [5.41, 5.74) is 7.17. The Balaban J connectivity index is 3.99. The summed E-state index contributed by atoms with van der Waals surface area (Å²) in [7, 11) is 0. The molecule has 14 heavy (non-hydrogen) atoms. The molecule has 0 saturated carbocycles. The van der Waals surface area contributed by atoms with Gasteiger partial charge in [0.05, 0.1) is 12.8 Å². The van der Waals surface area contributed by atoms with Gasteiger partial charge < -0.3 is 26.2 Å². The minimum absolute atomic E-state index is 0.0920. The number of nitrogens with two attached hydrogens (primary N) is 1. The zero-order chi connectivity index (χ0) is 11.1. The van der Waals surface area contributed by atoms with Gasteiger partial charge in [0.25, 0.3) is 0 Å². The van der Waals surface area contributed by atoms with Crippen LogP contribution >= 0.6 is 12.2 Å². The lowest BCUT2D eigenvalue weighted by molar-refractivity contribution is -0.0542. The number of aliphatic hydroxyl groups excluding tert-OH is 4. The number of hydrogen-bond acceptors (Lipinski definition) is 6. The van der Waals surface area contributed by atoms with Crippen LogP contribution in [0.25, 0.3) is 0 Å². The van der Waals surface area contributed by atoms with E-state index in [0.29, 0.717) is 0 Å². The maximum atomic E-state index is 9.14. The largest absolute Gasteiger partial charge is 0.394 e. The van der Waals surface area contributed by atoms with Crippen molar-refractivity contribution in [3.63, 3.8) is 0 Å². The van der Waals surface area contributed by atoms with Crippen LogP contribution in [0.4, 0.5) is 0 Å². The molecule has 0 spiro atoms. The van der Waals surface area contributed by atoms with E-state index in [0.717, 1.165) is 6.21 Å². The highest BCUT2D eigenvalue weighted by atomic mass is 32.1. The Hall–Kier alpha value is -0.800. The summed E-state index contributed by atoms with van der Waals surface area (Å²) in [4.78, 5) is 0. The fourth-order valence-electron chi connectivity index (χ4n) is 0.601. The highest BCUT2D eigenvalue weighted by Crippen LogP contribution is 1.97. The van der Waals surface area contributed by atoms with Gasteiger partial charge in [-0.25, -0.2) is 0 Å². The number of nitrogens with one attached hydrogen (secondary N) is 1. The smallest absolute Gasteiger partial charge is 0.184 e. The lowest BCUT2D eigenvalue weighted by Gasteiger charge is -2.17. The van der Waals surface area contributed by atoms with Gasteiger partial charge in [-0.2, -0.15) is 5.10 Å². The van der Waals surface area contributed by atoms with Crippen LogP contribution in [0.3, 0.4) is 0 Å². The molecule has 7 N–H and O–H groups in total. The molecular formula is C6H13N3O4S. The number of nitrogens with zero attached hydrogens (tertiary/aromatic N) is 1. The highest BCUT2D eigenvalue weighted by Gasteiger charge is 2.22. The molecule has 0 aliphatic rings. The van der Waals surface area contributed by atoms with Gasteiger partial charge in [0, 0.05) is 0 Å². The molecule has 82 valence electrons. The first-order chi connectivity index (χ1) is 6.49. The van der Waals surface area contributed by atoms with E-state index in [1.54, 1.807) is 0 Å². The maximum Gasteiger partial charge on any atom is 0.184 e. The summed E-state index contributed by atoms with van der Waals surface area (Å²) < 4.78 is 0. The quantitative estimate of drug-likeness (QED) is 0.165. The SMILES string of the molecule is NC(=S)N/N=C\[C@@H](O)[C@@H](O)[C@@H](O)CO. The van der Waals surface area contributed by atoms with E-state index in [2.05, 4.69) is 22.7 Å². The van der Waals surface area contributed by atoms with Gasteiger partial charge in [-0.3, -0.25) is 5.43 Å². The van der Waals surface area contributed by atoms with Gasteiger partial charge >= 0.3 is 0 Å². The van der Waals surface area contributed by atoms with Gasteiger partial charge in [-0.15, -0.1) is 0 Å². The Kier molecular flexibility index (Phi) is 6.25. The van der Waals surface area contributed by atoms with Gasteiger partial charge in [-0.1, -0.05) is 0 Å². The van der Waals surface area contributed by atoms with Crippen molar-refractivity contribution >= 4 is 23.5 Å². The van der Waals surface area contributed by atoms with Crippen molar-refractivity contribution in [1.29, 1.82) is 0 Å². The van der Waals surface area contributed by atoms with E-state index in [1.165, 1.54) is 0 Å². The second-order valence-electron chi connectivity index (χ2n) is 2.49. The Bertz CT molecular complexity index is 213. The van der Waals surface area contributed by atoms with Gasteiger partial charge in [0.15, 0.2) is 5.11 Å². The highest BCUT2D eigenvalue weighted by molar-refractivity contribution is 7.80. The molecule has 0 saturated heterocycles. The van der Waals surface area contributed by atoms with Crippen LogP contribution in [0.1, 0.15) is 0 Å². The van der Waals surface area contributed by atoms with Crippen LogP contribution in [0.2, 0.25) is 0 Å². The summed E-state index contributed by atoms with van der Waals surface area (Å²) in [6.07, 6.45) is -3.46. The van der Waals surface area contributed by atoms with Gasteiger partial charge in [0.2, 0.25) is 0 Å². The summed E-state index contributed by atoms with van der Waals surface area (Å²) in [5, 5.41) is 38.9. The van der Waals surface area contributed by atoms with Crippen molar-refractivity contribution in [2.75, 3.05) is 6.61 Å². The van der Waals surface area contributed by atoms with E-state index < -0.39 is 24.9 Å². The van der Waals surface area contributed by atoms with Crippen LogP contribution in [0.5, 0.6) is 0 Å². The average Bonchev–Trinajstić information content (AvgIpc) is 2.14. The predicted octanol–water partition coefficient (Wildman–Crippen LogP) is -3.12. The summed E-state index contributed by atoms with van der Waals surface area (Å²) in [6, 6.07) is 0. The minimum Gasteiger partial charge on any atom is -0.394 e. The average molecular weight is 223 g/mol. The molecule has 7 nitrogen and oxygen atoms in total. The second kappa shape index (κ2) is 6.62. The molecule has 0 heterocycles. The first-order valence-electron chi connectivity index (χ1n) is 3.72. The monoisotopic (exact) mass is 223 g/mol. The van der Waals surface area contributed by atoms with E-state index in [1.807, 2.05) is 0 Å². The summed E-state index contributed by atoms with van der Waals surface area (Å²) in [6.45, 7) is -0.658. The number of hydrogen-bond donors (Lipinski definition) is 6. The molecular weight excluding hydrogens is 210 g/mol. The van der Waals surface area contributed by atoms with Crippen molar-refractivity contribution in [1.82, 2.24) is 5.43 Å².